The van der Waals surface area contributed by atoms with Crippen molar-refractivity contribution in [3.05, 3.63) is 23.8 Å². The lowest BCUT2D eigenvalue weighted by atomic mass is 10.0. The van der Waals surface area contributed by atoms with Crippen molar-refractivity contribution in [2.75, 3.05) is 12.4 Å². The quantitative estimate of drug-likeness (QED) is 0.660. The lowest BCUT2D eigenvalue weighted by Crippen LogP contribution is -1.96. The molecule has 0 unspecified atom stereocenters. The number of rotatable bonds is 2. The number of nitrogens with one attached hydrogen (secondary N) is 1. The summed E-state index contributed by atoms with van der Waals surface area (Å²) in [6.45, 7) is 4.21. The highest BCUT2D eigenvalue weighted by Gasteiger charge is 2.05. The molecule has 1 aromatic rings. The lowest BCUT2D eigenvalue weighted by molar-refractivity contribution is 0.474. The fraction of sp³-hybridized carbons (Fsp3) is 0.400. The number of hydrogen-bond acceptors (Lipinski definition) is 2. The maximum atomic E-state index is 9.25. The van der Waals surface area contributed by atoms with Crippen molar-refractivity contribution >= 4 is 5.69 Å². The minimum Gasteiger partial charge on any atom is -0.508 e. The fourth-order valence-corrected chi connectivity index (χ4v) is 1.26. The van der Waals surface area contributed by atoms with Crippen molar-refractivity contribution in [3.63, 3.8) is 0 Å². The van der Waals surface area contributed by atoms with Crippen LogP contribution < -0.4 is 5.32 Å². The van der Waals surface area contributed by atoms with Gasteiger partial charge in [0.15, 0.2) is 0 Å². The number of aromatic hydroxyl groups is 1. The van der Waals surface area contributed by atoms with Crippen LogP contribution in [-0.2, 0) is 0 Å². The highest BCUT2D eigenvalue weighted by molar-refractivity contribution is 5.54. The average Bonchev–Trinajstić information content (AvgIpc) is 2.04. The molecule has 0 bridgehead atoms. The Hall–Kier alpha value is -1.18. The van der Waals surface area contributed by atoms with E-state index in [2.05, 4.69) is 19.2 Å². The number of anilines is 1. The Morgan fingerprint density at radius 1 is 1.33 bits per heavy atom. The molecule has 0 aliphatic carbocycles. The number of benzene rings is 1. The number of hydrogen-bond donors (Lipinski definition) is 2. The Balaban J connectivity index is 3.12. The monoisotopic (exact) mass is 165 g/mol. The van der Waals surface area contributed by atoms with E-state index in [9.17, 15) is 5.11 Å². The van der Waals surface area contributed by atoms with E-state index in [1.165, 1.54) is 0 Å². The highest BCUT2D eigenvalue weighted by Crippen LogP contribution is 2.27. The molecule has 66 valence electrons. The second-order valence-corrected chi connectivity index (χ2v) is 3.18. The van der Waals surface area contributed by atoms with Gasteiger partial charge in [0, 0.05) is 12.7 Å². The molecule has 0 aliphatic heterocycles. The first-order valence-corrected chi connectivity index (χ1v) is 4.16. The van der Waals surface area contributed by atoms with Crippen LogP contribution in [0.4, 0.5) is 5.69 Å². The van der Waals surface area contributed by atoms with Crippen LogP contribution in [0.1, 0.15) is 25.3 Å². The predicted molar refractivity (Wildman–Crippen MR) is 51.7 cm³/mol. The molecule has 2 nitrogen and oxygen atoms in total. The third kappa shape index (κ3) is 1.70. The van der Waals surface area contributed by atoms with E-state index in [0.29, 0.717) is 11.7 Å². The summed E-state index contributed by atoms with van der Waals surface area (Å²) in [7, 11) is 1.89. The Labute approximate surface area is 73.2 Å². The summed E-state index contributed by atoms with van der Waals surface area (Å²) in [5, 5.41) is 12.3. The van der Waals surface area contributed by atoms with Crippen LogP contribution in [0.15, 0.2) is 18.2 Å². The molecule has 12 heavy (non-hydrogen) atoms. The average molecular weight is 165 g/mol. The van der Waals surface area contributed by atoms with Gasteiger partial charge in [-0.25, -0.2) is 0 Å². The molecule has 2 heteroatoms. The summed E-state index contributed by atoms with van der Waals surface area (Å²) in [5.41, 5.74) is 2.24. The zero-order chi connectivity index (χ0) is 9.14. The van der Waals surface area contributed by atoms with Crippen molar-refractivity contribution in [1.29, 1.82) is 0 Å². The van der Waals surface area contributed by atoms with Gasteiger partial charge in [-0.2, -0.15) is 0 Å². The highest BCUT2D eigenvalue weighted by atomic mass is 16.3. The smallest absolute Gasteiger partial charge is 0.116 e. The molecule has 0 spiro atoms. The van der Waals surface area contributed by atoms with E-state index in [-0.39, 0.29) is 0 Å². The molecule has 0 saturated heterocycles. The van der Waals surface area contributed by atoms with E-state index in [0.717, 1.165) is 11.3 Å². The van der Waals surface area contributed by atoms with Crippen LogP contribution in [0, 0.1) is 0 Å². The van der Waals surface area contributed by atoms with Gasteiger partial charge in [0.1, 0.15) is 5.75 Å². The van der Waals surface area contributed by atoms with Gasteiger partial charge < -0.3 is 10.4 Å². The number of phenolic OH excluding ortho intramolecular Hbond substituents is 1. The largest absolute Gasteiger partial charge is 0.508 e. The second-order valence-electron chi connectivity index (χ2n) is 3.18. The predicted octanol–water partition coefficient (Wildman–Crippen LogP) is 2.56. The van der Waals surface area contributed by atoms with E-state index >= 15 is 0 Å². The summed E-state index contributed by atoms with van der Waals surface area (Å²) in [4.78, 5) is 0. The van der Waals surface area contributed by atoms with Gasteiger partial charge in [0.2, 0.25) is 0 Å². The Kier molecular flexibility index (Phi) is 2.58. The molecular weight excluding hydrogens is 150 g/mol. The van der Waals surface area contributed by atoms with E-state index in [4.69, 9.17) is 0 Å². The van der Waals surface area contributed by atoms with Gasteiger partial charge in [-0.15, -0.1) is 0 Å². The first-order chi connectivity index (χ1) is 5.65. The van der Waals surface area contributed by atoms with Crippen LogP contribution in [0.25, 0.3) is 0 Å². The van der Waals surface area contributed by atoms with Crippen LogP contribution in [-0.4, -0.2) is 12.2 Å². The third-order valence-corrected chi connectivity index (χ3v) is 1.93. The zero-order valence-corrected chi connectivity index (χ0v) is 7.76. The molecule has 0 amide bonds. The number of phenols is 1. The molecule has 1 rings (SSSR count). The first kappa shape index (κ1) is 8.91. The molecule has 0 aromatic heterocycles. The summed E-state index contributed by atoms with van der Waals surface area (Å²) in [6, 6.07) is 5.39. The lowest BCUT2D eigenvalue weighted by Gasteiger charge is -2.12. The van der Waals surface area contributed by atoms with Gasteiger partial charge in [0.25, 0.3) is 0 Å². The fourth-order valence-electron chi connectivity index (χ4n) is 1.26. The van der Waals surface area contributed by atoms with Gasteiger partial charge in [-0.1, -0.05) is 13.8 Å². The summed E-state index contributed by atoms with van der Waals surface area (Å²) >= 11 is 0. The van der Waals surface area contributed by atoms with Crippen LogP contribution in [0.5, 0.6) is 5.75 Å². The van der Waals surface area contributed by atoms with Gasteiger partial charge >= 0.3 is 0 Å². The van der Waals surface area contributed by atoms with Crippen molar-refractivity contribution in [2.45, 2.75) is 19.8 Å². The molecule has 0 radical (unpaired) electrons. The molecule has 0 aliphatic rings. The first-order valence-electron chi connectivity index (χ1n) is 4.16. The van der Waals surface area contributed by atoms with Crippen molar-refractivity contribution in [1.82, 2.24) is 0 Å². The Bertz CT molecular complexity index is 269. The SMILES string of the molecule is CNc1ccc(O)cc1C(C)C. The van der Waals surface area contributed by atoms with Gasteiger partial charge in [0.05, 0.1) is 0 Å². The third-order valence-electron chi connectivity index (χ3n) is 1.93. The molecular formula is C10H15NO. The summed E-state index contributed by atoms with van der Waals surface area (Å²) < 4.78 is 0. The second kappa shape index (κ2) is 3.48. The minimum atomic E-state index is 0.331. The standard InChI is InChI=1S/C10H15NO/c1-7(2)9-6-8(12)4-5-10(9)11-3/h4-7,11-12H,1-3H3. The van der Waals surface area contributed by atoms with E-state index < -0.39 is 0 Å². The molecule has 1 aromatic carbocycles. The van der Waals surface area contributed by atoms with Crippen molar-refractivity contribution in [3.8, 4) is 5.75 Å². The zero-order valence-electron chi connectivity index (χ0n) is 7.76. The minimum absolute atomic E-state index is 0.331. The van der Waals surface area contributed by atoms with Crippen molar-refractivity contribution in [2.24, 2.45) is 0 Å². The maximum Gasteiger partial charge on any atom is 0.116 e. The maximum absolute atomic E-state index is 9.25. The van der Waals surface area contributed by atoms with Crippen LogP contribution in [0.2, 0.25) is 0 Å². The molecule has 2 N–H and O–H groups in total. The van der Waals surface area contributed by atoms with E-state index in [1.807, 2.05) is 13.1 Å². The molecule has 0 saturated carbocycles. The van der Waals surface area contributed by atoms with Crippen LogP contribution >= 0.6 is 0 Å². The van der Waals surface area contributed by atoms with Gasteiger partial charge in [-0.3, -0.25) is 0 Å². The summed E-state index contributed by atoms with van der Waals surface area (Å²) in [6.07, 6.45) is 0. The Morgan fingerprint density at radius 2 is 2.00 bits per heavy atom. The summed E-state index contributed by atoms with van der Waals surface area (Å²) in [5.74, 6) is 0.761. The molecule has 0 heterocycles. The van der Waals surface area contributed by atoms with E-state index in [1.54, 1.807) is 12.1 Å². The molecule has 0 fully saturated rings. The normalized spacial score (nSPS) is 10.3. The topological polar surface area (TPSA) is 32.3 Å². The van der Waals surface area contributed by atoms with Crippen molar-refractivity contribution < 1.29 is 5.11 Å². The molecule has 0 atom stereocenters. The Morgan fingerprint density at radius 3 is 2.50 bits per heavy atom. The van der Waals surface area contributed by atoms with Crippen LogP contribution in [0.3, 0.4) is 0 Å². The van der Waals surface area contributed by atoms with Gasteiger partial charge in [-0.05, 0) is 29.7 Å².